The van der Waals surface area contributed by atoms with Crippen molar-refractivity contribution in [1.29, 1.82) is 0 Å². The van der Waals surface area contributed by atoms with Crippen LogP contribution in [0.2, 0.25) is 0 Å². The summed E-state index contributed by atoms with van der Waals surface area (Å²) >= 11 is 0. The van der Waals surface area contributed by atoms with Crippen LogP contribution in [0.15, 0.2) is 24.3 Å². The Morgan fingerprint density at radius 2 is 1.57 bits per heavy atom. The normalized spacial score (nSPS) is 11.0. The van der Waals surface area contributed by atoms with E-state index in [1.165, 1.54) is 38.6 Å². The van der Waals surface area contributed by atoms with Crippen LogP contribution in [-0.4, -0.2) is 31.1 Å². The second-order valence-electron chi connectivity index (χ2n) is 5.62. The summed E-state index contributed by atoms with van der Waals surface area (Å²) in [5, 5.41) is 0. The molecule has 3 heteroatoms. The molecule has 1 rings (SSSR count). The van der Waals surface area contributed by atoms with Crippen molar-refractivity contribution in [2.45, 2.75) is 52.4 Å². The topological polar surface area (TPSA) is 38.5 Å². The van der Waals surface area contributed by atoms with Crippen LogP contribution in [0.3, 0.4) is 0 Å². The maximum absolute atomic E-state index is 5.73. The average Bonchev–Trinajstić information content (AvgIpc) is 2.51. The smallest absolute Gasteiger partial charge is 0.119 e. The fourth-order valence-electron chi connectivity index (χ4n) is 2.41. The van der Waals surface area contributed by atoms with Crippen molar-refractivity contribution in [2.75, 3.05) is 32.0 Å². The van der Waals surface area contributed by atoms with Gasteiger partial charge in [0.1, 0.15) is 5.75 Å². The van der Waals surface area contributed by atoms with Crippen LogP contribution in [0.25, 0.3) is 0 Å². The summed E-state index contributed by atoms with van der Waals surface area (Å²) in [6.07, 6.45) is 7.85. The number of hydrogen-bond donors (Lipinski definition) is 1. The molecule has 0 amide bonds. The molecule has 1 aromatic rings. The minimum atomic E-state index is 0.774. The van der Waals surface area contributed by atoms with Crippen molar-refractivity contribution >= 4 is 5.69 Å². The van der Waals surface area contributed by atoms with Gasteiger partial charge in [-0.05, 0) is 50.2 Å². The van der Waals surface area contributed by atoms with E-state index < -0.39 is 0 Å². The van der Waals surface area contributed by atoms with Gasteiger partial charge in [0.25, 0.3) is 0 Å². The summed E-state index contributed by atoms with van der Waals surface area (Å²) in [4.78, 5) is 2.53. The zero-order valence-electron chi connectivity index (χ0n) is 13.8. The second-order valence-corrected chi connectivity index (χ2v) is 5.62. The van der Waals surface area contributed by atoms with Gasteiger partial charge >= 0.3 is 0 Å². The highest BCUT2D eigenvalue weighted by molar-refractivity contribution is 5.41. The second kappa shape index (κ2) is 11.4. The van der Waals surface area contributed by atoms with Crippen LogP contribution in [0.5, 0.6) is 5.75 Å². The predicted octanol–water partition coefficient (Wildman–Crippen LogP) is 4.33. The Morgan fingerprint density at radius 3 is 2.24 bits per heavy atom. The molecule has 0 saturated heterocycles. The Bertz CT molecular complexity index is 351. The van der Waals surface area contributed by atoms with Gasteiger partial charge < -0.3 is 15.4 Å². The maximum atomic E-state index is 5.73. The van der Waals surface area contributed by atoms with Crippen LogP contribution >= 0.6 is 0 Å². The van der Waals surface area contributed by atoms with E-state index in [9.17, 15) is 0 Å². The summed E-state index contributed by atoms with van der Waals surface area (Å²) < 4.78 is 5.73. The molecule has 1 aromatic carbocycles. The van der Waals surface area contributed by atoms with E-state index in [2.05, 4.69) is 18.7 Å². The first-order chi connectivity index (χ1) is 10.3. The Morgan fingerprint density at radius 1 is 0.905 bits per heavy atom. The lowest BCUT2D eigenvalue weighted by Crippen LogP contribution is -2.26. The third-order valence-electron chi connectivity index (χ3n) is 3.79. The van der Waals surface area contributed by atoms with Crippen LogP contribution in [0.4, 0.5) is 5.69 Å². The summed E-state index contributed by atoms with van der Waals surface area (Å²) in [6.45, 7) is 8.76. The fraction of sp³-hybridized carbons (Fsp3) is 0.667. The SMILES string of the molecule is CCCCCCCN(CC)CCCOc1ccc(N)cc1. The van der Waals surface area contributed by atoms with E-state index in [0.717, 1.165) is 37.6 Å². The van der Waals surface area contributed by atoms with Crippen molar-refractivity contribution in [3.8, 4) is 5.75 Å². The first kappa shape index (κ1) is 17.8. The fourth-order valence-corrected chi connectivity index (χ4v) is 2.41. The molecule has 3 nitrogen and oxygen atoms in total. The molecular weight excluding hydrogens is 260 g/mol. The van der Waals surface area contributed by atoms with Gasteiger partial charge in [0, 0.05) is 12.2 Å². The van der Waals surface area contributed by atoms with Crippen molar-refractivity contribution in [2.24, 2.45) is 0 Å². The number of nitrogens with two attached hydrogens (primary N) is 1. The molecule has 0 aromatic heterocycles. The molecule has 0 saturated carbocycles. The van der Waals surface area contributed by atoms with E-state index in [4.69, 9.17) is 10.5 Å². The number of unbranched alkanes of at least 4 members (excludes halogenated alkanes) is 4. The molecule has 0 spiro atoms. The molecule has 0 bridgehead atoms. The minimum Gasteiger partial charge on any atom is -0.494 e. The van der Waals surface area contributed by atoms with Crippen molar-refractivity contribution in [1.82, 2.24) is 4.90 Å². The molecule has 0 aliphatic carbocycles. The summed E-state index contributed by atoms with van der Waals surface area (Å²) in [6, 6.07) is 7.62. The first-order valence-electron chi connectivity index (χ1n) is 8.47. The van der Waals surface area contributed by atoms with Crippen LogP contribution in [0.1, 0.15) is 52.4 Å². The quantitative estimate of drug-likeness (QED) is 0.460. The van der Waals surface area contributed by atoms with E-state index in [1.54, 1.807) is 0 Å². The van der Waals surface area contributed by atoms with Gasteiger partial charge in [-0.25, -0.2) is 0 Å². The van der Waals surface area contributed by atoms with Crippen LogP contribution in [0, 0.1) is 0 Å². The molecule has 0 aliphatic rings. The van der Waals surface area contributed by atoms with E-state index in [0.29, 0.717) is 0 Å². The molecule has 0 heterocycles. The molecule has 0 radical (unpaired) electrons. The molecule has 0 fully saturated rings. The van der Waals surface area contributed by atoms with Crippen LogP contribution in [-0.2, 0) is 0 Å². The lowest BCUT2D eigenvalue weighted by atomic mass is 10.1. The molecular formula is C18H32N2O. The van der Waals surface area contributed by atoms with Gasteiger partial charge in [-0.2, -0.15) is 0 Å². The lowest BCUT2D eigenvalue weighted by molar-refractivity contribution is 0.238. The third-order valence-corrected chi connectivity index (χ3v) is 3.79. The molecule has 0 unspecified atom stereocenters. The molecule has 120 valence electrons. The number of ether oxygens (including phenoxy) is 1. The number of hydrogen-bond acceptors (Lipinski definition) is 3. The van der Waals surface area contributed by atoms with Crippen molar-refractivity contribution in [3.05, 3.63) is 24.3 Å². The third kappa shape index (κ3) is 8.61. The van der Waals surface area contributed by atoms with E-state index in [-0.39, 0.29) is 0 Å². The number of anilines is 1. The van der Waals surface area contributed by atoms with Gasteiger partial charge in [0.15, 0.2) is 0 Å². The van der Waals surface area contributed by atoms with Gasteiger partial charge in [-0.1, -0.05) is 39.5 Å². The zero-order chi connectivity index (χ0) is 15.3. The van der Waals surface area contributed by atoms with Gasteiger partial charge in [-0.3, -0.25) is 0 Å². The monoisotopic (exact) mass is 292 g/mol. The molecule has 0 atom stereocenters. The Hall–Kier alpha value is -1.22. The molecule has 21 heavy (non-hydrogen) atoms. The molecule has 2 N–H and O–H groups in total. The highest BCUT2D eigenvalue weighted by Gasteiger charge is 2.02. The standard InChI is InChI=1S/C18H32N2O/c1-3-5-6-7-8-14-20(4-2)15-9-16-21-18-12-10-17(19)11-13-18/h10-13H,3-9,14-16,19H2,1-2H3. The summed E-state index contributed by atoms with van der Waals surface area (Å²) in [5.41, 5.74) is 6.43. The van der Waals surface area contributed by atoms with Gasteiger partial charge in [0.2, 0.25) is 0 Å². The summed E-state index contributed by atoms with van der Waals surface area (Å²) in [7, 11) is 0. The van der Waals surface area contributed by atoms with Crippen molar-refractivity contribution in [3.63, 3.8) is 0 Å². The largest absolute Gasteiger partial charge is 0.494 e. The van der Waals surface area contributed by atoms with E-state index >= 15 is 0 Å². The highest BCUT2D eigenvalue weighted by atomic mass is 16.5. The average molecular weight is 292 g/mol. The van der Waals surface area contributed by atoms with Gasteiger partial charge in [-0.15, -0.1) is 0 Å². The van der Waals surface area contributed by atoms with Crippen LogP contribution < -0.4 is 10.5 Å². The minimum absolute atomic E-state index is 0.774. The number of nitrogens with zero attached hydrogens (tertiary/aromatic N) is 1. The van der Waals surface area contributed by atoms with E-state index in [1.807, 2.05) is 24.3 Å². The Labute approximate surface area is 130 Å². The Kier molecular flexibility index (Phi) is 9.71. The highest BCUT2D eigenvalue weighted by Crippen LogP contribution is 2.13. The summed E-state index contributed by atoms with van der Waals surface area (Å²) in [5.74, 6) is 0.909. The zero-order valence-corrected chi connectivity index (χ0v) is 13.8. The lowest BCUT2D eigenvalue weighted by Gasteiger charge is -2.20. The number of rotatable bonds is 12. The van der Waals surface area contributed by atoms with Gasteiger partial charge in [0.05, 0.1) is 6.61 Å². The number of nitrogen functional groups attached to an aromatic ring is 1. The first-order valence-corrected chi connectivity index (χ1v) is 8.47. The predicted molar refractivity (Wildman–Crippen MR) is 91.8 cm³/mol. The maximum Gasteiger partial charge on any atom is 0.119 e. The van der Waals surface area contributed by atoms with Crippen molar-refractivity contribution < 1.29 is 4.74 Å². The molecule has 0 aliphatic heterocycles. The Balaban J connectivity index is 2.07. The number of benzene rings is 1.